The third-order valence-corrected chi connectivity index (χ3v) is 5.29. The van der Waals surface area contributed by atoms with Gasteiger partial charge < -0.3 is 10.2 Å². The van der Waals surface area contributed by atoms with Gasteiger partial charge >= 0.3 is 0 Å². The molecule has 0 radical (unpaired) electrons. The van der Waals surface area contributed by atoms with Crippen LogP contribution >= 0.6 is 0 Å². The Labute approximate surface area is 169 Å². The zero-order chi connectivity index (χ0) is 20.1. The number of piperidine rings is 1. The van der Waals surface area contributed by atoms with Crippen molar-refractivity contribution in [2.45, 2.75) is 19.3 Å². The van der Waals surface area contributed by atoms with Crippen molar-refractivity contribution in [1.82, 2.24) is 10.2 Å². The van der Waals surface area contributed by atoms with E-state index >= 15 is 0 Å². The normalized spacial score (nSPS) is 14.6. The highest BCUT2D eigenvalue weighted by atomic mass is 19.1. The molecule has 2 aromatic carbocycles. The van der Waals surface area contributed by atoms with Crippen LogP contribution in [0.15, 0.2) is 66.7 Å². The quantitative estimate of drug-likeness (QED) is 0.705. The van der Waals surface area contributed by atoms with Crippen LogP contribution in [0.5, 0.6) is 0 Å². The summed E-state index contributed by atoms with van der Waals surface area (Å²) in [6.07, 6.45) is 3.34. The summed E-state index contributed by atoms with van der Waals surface area (Å²) in [6, 6.07) is 19.7. The maximum Gasteiger partial charge on any atom is 0.276 e. The molecule has 1 aromatic heterocycles. The summed E-state index contributed by atoms with van der Waals surface area (Å²) < 4.78 is 13.0. The second-order valence-electron chi connectivity index (χ2n) is 7.36. The molecule has 3 aromatic rings. The lowest BCUT2D eigenvalue weighted by Crippen LogP contribution is -2.35. The average molecular weight is 390 g/mol. The van der Waals surface area contributed by atoms with Crippen LogP contribution in [-0.2, 0) is 6.42 Å². The van der Waals surface area contributed by atoms with Gasteiger partial charge in [-0.15, -0.1) is 10.2 Å². The minimum atomic E-state index is -0.364. The summed E-state index contributed by atoms with van der Waals surface area (Å²) in [4.78, 5) is 14.5. The van der Waals surface area contributed by atoms with Gasteiger partial charge in [-0.25, -0.2) is 4.39 Å². The summed E-state index contributed by atoms with van der Waals surface area (Å²) in [5.41, 5.74) is 2.14. The number of anilines is 2. The van der Waals surface area contributed by atoms with E-state index in [4.69, 9.17) is 0 Å². The summed E-state index contributed by atoms with van der Waals surface area (Å²) >= 11 is 0. The molecule has 0 saturated carbocycles. The van der Waals surface area contributed by atoms with Crippen LogP contribution in [0.4, 0.5) is 15.9 Å². The van der Waals surface area contributed by atoms with Gasteiger partial charge in [0.2, 0.25) is 0 Å². The maximum absolute atomic E-state index is 13.0. The number of amides is 1. The Hall–Kier alpha value is -3.28. The smallest absolute Gasteiger partial charge is 0.276 e. The molecule has 1 amide bonds. The Morgan fingerprint density at radius 2 is 1.69 bits per heavy atom. The van der Waals surface area contributed by atoms with Gasteiger partial charge in [-0.3, -0.25) is 4.79 Å². The van der Waals surface area contributed by atoms with E-state index in [9.17, 15) is 9.18 Å². The van der Waals surface area contributed by atoms with Crippen molar-refractivity contribution in [3.05, 3.63) is 83.8 Å². The number of aromatic nitrogens is 2. The van der Waals surface area contributed by atoms with Crippen LogP contribution in [-0.4, -0.2) is 29.2 Å². The van der Waals surface area contributed by atoms with Gasteiger partial charge in [0.15, 0.2) is 11.5 Å². The lowest BCUT2D eigenvalue weighted by Gasteiger charge is -2.32. The Morgan fingerprint density at radius 3 is 2.34 bits per heavy atom. The van der Waals surface area contributed by atoms with Gasteiger partial charge in [0.25, 0.3) is 5.91 Å². The molecule has 6 heteroatoms. The third kappa shape index (κ3) is 4.96. The zero-order valence-electron chi connectivity index (χ0n) is 16.1. The fraction of sp³-hybridized carbons (Fsp3) is 0.261. The summed E-state index contributed by atoms with van der Waals surface area (Å²) in [5.74, 6) is 0.765. The standard InChI is InChI=1S/C23H23FN4O/c24-19-6-8-20(9-7-19)25-23(29)21-10-11-22(27-26-21)28-14-12-18(13-15-28)16-17-4-2-1-3-5-17/h1-11,18H,12-16H2,(H,25,29). The Morgan fingerprint density at radius 1 is 0.966 bits per heavy atom. The molecular weight excluding hydrogens is 367 g/mol. The predicted octanol–water partition coefficient (Wildman–Crippen LogP) is 4.33. The predicted molar refractivity (Wildman–Crippen MR) is 111 cm³/mol. The van der Waals surface area contributed by atoms with Crippen LogP contribution < -0.4 is 10.2 Å². The van der Waals surface area contributed by atoms with E-state index in [-0.39, 0.29) is 17.4 Å². The molecule has 4 rings (SSSR count). The van der Waals surface area contributed by atoms with E-state index in [1.54, 1.807) is 6.07 Å². The number of rotatable bonds is 5. The van der Waals surface area contributed by atoms with Gasteiger partial charge in [0, 0.05) is 18.8 Å². The maximum atomic E-state index is 13.0. The molecule has 0 bridgehead atoms. The van der Waals surface area contributed by atoms with E-state index in [1.165, 1.54) is 29.8 Å². The number of hydrogen-bond donors (Lipinski definition) is 1. The fourth-order valence-electron chi connectivity index (χ4n) is 3.66. The Kier molecular flexibility index (Phi) is 5.79. The van der Waals surface area contributed by atoms with E-state index < -0.39 is 0 Å². The van der Waals surface area contributed by atoms with Crippen LogP contribution in [0.25, 0.3) is 0 Å². The molecule has 1 N–H and O–H groups in total. The van der Waals surface area contributed by atoms with E-state index in [0.717, 1.165) is 38.2 Å². The average Bonchev–Trinajstić information content (AvgIpc) is 2.77. The number of carbonyl (C=O) groups excluding carboxylic acids is 1. The number of carbonyl (C=O) groups is 1. The zero-order valence-corrected chi connectivity index (χ0v) is 16.1. The topological polar surface area (TPSA) is 58.1 Å². The molecule has 0 spiro atoms. The molecule has 29 heavy (non-hydrogen) atoms. The SMILES string of the molecule is O=C(Nc1ccc(F)cc1)c1ccc(N2CCC(Cc3ccccc3)CC2)nn1. The van der Waals surface area contributed by atoms with Crippen molar-refractivity contribution >= 4 is 17.4 Å². The molecule has 1 aliphatic heterocycles. The first kappa shape index (κ1) is 19.1. The van der Waals surface area contributed by atoms with Crippen LogP contribution in [0.1, 0.15) is 28.9 Å². The number of nitrogens with one attached hydrogen (secondary N) is 1. The minimum Gasteiger partial charge on any atom is -0.355 e. The molecule has 0 unspecified atom stereocenters. The van der Waals surface area contributed by atoms with Gasteiger partial charge in [-0.1, -0.05) is 30.3 Å². The van der Waals surface area contributed by atoms with E-state index in [1.807, 2.05) is 12.1 Å². The van der Waals surface area contributed by atoms with Crippen molar-refractivity contribution < 1.29 is 9.18 Å². The van der Waals surface area contributed by atoms with Gasteiger partial charge in [0.1, 0.15) is 5.82 Å². The number of halogens is 1. The van der Waals surface area contributed by atoms with Crippen molar-refractivity contribution in [2.75, 3.05) is 23.3 Å². The fourth-order valence-corrected chi connectivity index (χ4v) is 3.66. The first-order valence-electron chi connectivity index (χ1n) is 9.87. The molecule has 1 saturated heterocycles. The molecule has 2 heterocycles. The molecular formula is C23H23FN4O. The highest BCUT2D eigenvalue weighted by Gasteiger charge is 2.21. The summed E-state index contributed by atoms with van der Waals surface area (Å²) in [5, 5.41) is 11.0. The van der Waals surface area contributed by atoms with Gasteiger partial charge in [-0.05, 0) is 67.1 Å². The number of benzene rings is 2. The van der Waals surface area contributed by atoms with E-state index in [0.29, 0.717) is 11.6 Å². The Bertz CT molecular complexity index is 937. The number of hydrogen-bond acceptors (Lipinski definition) is 4. The molecule has 0 atom stereocenters. The molecule has 148 valence electrons. The summed E-state index contributed by atoms with van der Waals surface area (Å²) in [7, 11) is 0. The second kappa shape index (κ2) is 8.82. The van der Waals surface area contributed by atoms with Crippen molar-refractivity contribution in [2.24, 2.45) is 5.92 Å². The van der Waals surface area contributed by atoms with Gasteiger partial charge in [0.05, 0.1) is 0 Å². The number of nitrogens with zero attached hydrogens (tertiary/aromatic N) is 3. The molecule has 1 aliphatic rings. The largest absolute Gasteiger partial charge is 0.355 e. The van der Waals surface area contributed by atoms with Crippen molar-refractivity contribution in [3.8, 4) is 0 Å². The first-order valence-corrected chi connectivity index (χ1v) is 9.87. The van der Waals surface area contributed by atoms with Crippen molar-refractivity contribution in [3.63, 3.8) is 0 Å². The van der Waals surface area contributed by atoms with Crippen LogP contribution in [0, 0.1) is 11.7 Å². The van der Waals surface area contributed by atoms with Crippen molar-refractivity contribution in [1.29, 1.82) is 0 Å². The Balaban J connectivity index is 1.31. The lowest BCUT2D eigenvalue weighted by atomic mass is 9.90. The second-order valence-corrected chi connectivity index (χ2v) is 7.36. The van der Waals surface area contributed by atoms with Gasteiger partial charge in [-0.2, -0.15) is 0 Å². The molecule has 0 aliphatic carbocycles. The van der Waals surface area contributed by atoms with E-state index in [2.05, 4.69) is 44.7 Å². The van der Waals surface area contributed by atoms with Crippen LogP contribution in [0.3, 0.4) is 0 Å². The minimum absolute atomic E-state index is 0.233. The monoisotopic (exact) mass is 390 g/mol. The molecule has 5 nitrogen and oxygen atoms in total. The van der Waals surface area contributed by atoms with Crippen LogP contribution in [0.2, 0.25) is 0 Å². The lowest BCUT2D eigenvalue weighted by molar-refractivity contribution is 0.102. The molecule has 1 fully saturated rings. The first-order chi connectivity index (χ1) is 14.2. The third-order valence-electron chi connectivity index (χ3n) is 5.29. The highest BCUT2D eigenvalue weighted by molar-refractivity contribution is 6.02. The summed E-state index contributed by atoms with van der Waals surface area (Å²) in [6.45, 7) is 1.88. The highest BCUT2D eigenvalue weighted by Crippen LogP contribution is 2.24.